The van der Waals surface area contributed by atoms with Gasteiger partial charge in [-0.2, -0.15) is 0 Å². The number of phenols is 1. The lowest BCUT2D eigenvalue weighted by Gasteiger charge is -2.29. The summed E-state index contributed by atoms with van der Waals surface area (Å²) in [5.41, 5.74) is 1.62. The fraction of sp³-hybridized carbons (Fsp3) is 0.158. The number of ether oxygens (including phenoxy) is 2. The Hall–Kier alpha value is -2.80. The lowest BCUT2D eigenvalue weighted by Crippen LogP contribution is -2.42. The minimum absolute atomic E-state index is 0.111. The van der Waals surface area contributed by atoms with E-state index in [2.05, 4.69) is 21.2 Å². The molecule has 1 fully saturated rings. The van der Waals surface area contributed by atoms with Gasteiger partial charge in [-0.05, 0) is 28.1 Å². The zero-order valence-electron chi connectivity index (χ0n) is 14.1. The van der Waals surface area contributed by atoms with Crippen LogP contribution in [0.5, 0.6) is 5.75 Å². The van der Waals surface area contributed by atoms with Crippen molar-refractivity contribution in [2.24, 2.45) is 0 Å². The highest BCUT2D eigenvalue weighted by Gasteiger charge is 2.39. The van der Waals surface area contributed by atoms with Gasteiger partial charge in [0.2, 0.25) is 0 Å². The van der Waals surface area contributed by atoms with E-state index in [1.54, 1.807) is 36.4 Å². The Balaban J connectivity index is 1.98. The quantitative estimate of drug-likeness (QED) is 0.446. The number of benzene rings is 2. The van der Waals surface area contributed by atoms with E-state index < -0.39 is 17.7 Å². The van der Waals surface area contributed by atoms with Crippen molar-refractivity contribution >= 4 is 33.6 Å². The van der Waals surface area contributed by atoms with Crippen molar-refractivity contribution in [2.75, 3.05) is 5.32 Å². The third-order valence-electron chi connectivity index (χ3n) is 3.69. The van der Waals surface area contributed by atoms with Gasteiger partial charge in [0, 0.05) is 35.6 Å². The minimum atomic E-state index is -1.29. The number of para-hydroxylation sites is 2. The number of nitrogens with one attached hydrogen (secondary N) is 1. The zero-order chi connectivity index (χ0) is 18.9. The first-order valence-electron chi connectivity index (χ1n) is 7.79. The summed E-state index contributed by atoms with van der Waals surface area (Å²) in [6, 6.07) is 12.3. The van der Waals surface area contributed by atoms with Crippen LogP contribution < -0.4 is 5.32 Å². The van der Waals surface area contributed by atoms with Gasteiger partial charge in [-0.15, -0.1) is 0 Å². The summed E-state index contributed by atoms with van der Waals surface area (Å²) in [4.78, 5) is 24.1. The maximum Gasteiger partial charge on any atom is 0.350 e. The first-order valence-corrected chi connectivity index (χ1v) is 8.58. The number of carbonyl (C=O) groups excluding carboxylic acids is 2. The molecule has 134 valence electrons. The van der Waals surface area contributed by atoms with Gasteiger partial charge < -0.3 is 19.9 Å². The molecule has 0 aromatic heterocycles. The van der Waals surface area contributed by atoms with E-state index in [0.29, 0.717) is 21.3 Å². The fourth-order valence-electron chi connectivity index (χ4n) is 2.52. The van der Waals surface area contributed by atoms with E-state index in [1.807, 2.05) is 6.07 Å². The largest absolute Gasteiger partial charge is 0.507 e. The molecule has 2 N–H and O–H groups in total. The standard InChI is InChI=1S/C19H16BrNO5/c1-19(2)25-17(23)13(18(24)26-19)10-21-16-12(7-5-8-14(16)20)11-6-3-4-9-15(11)22/h3-10,21-22H,1-2H3. The van der Waals surface area contributed by atoms with Crippen LogP contribution in [0.4, 0.5) is 5.69 Å². The topological polar surface area (TPSA) is 84.9 Å². The number of esters is 2. The number of phenolic OH excluding ortho intramolecular Hbond substituents is 1. The Morgan fingerprint density at radius 2 is 1.62 bits per heavy atom. The SMILES string of the molecule is CC1(C)OC(=O)C(=CNc2c(Br)cccc2-c2ccccc2O)C(=O)O1. The van der Waals surface area contributed by atoms with Gasteiger partial charge in [-0.1, -0.05) is 30.3 Å². The van der Waals surface area contributed by atoms with Crippen LogP contribution in [0.2, 0.25) is 0 Å². The maximum atomic E-state index is 12.1. The summed E-state index contributed by atoms with van der Waals surface area (Å²) < 4.78 is 10.8. The number of halogens is 1. The molecule has 0 spiro atoms. The van der Waals surface area contributed by atoms with Crippen LogP contribution in [0.3, 0.4) is 0 Å². The van der Waals surface area contributed by atoms with Gasteiger partial charge in [0.1, 0.15) is 5.75 Å². The number of rotatable bonds is 3. The van der Waals surface area contributed by atoms with Crippen LogP contribution in [0.15, 0.2) is 58.7 Å². The second-order valence-electron chi connectivity index (χ2n) is 6.06. The lowest BCUT2D eigenvalue weighted by molar-refractivity contribution is -0.222. The molecular weight excluding hydrogens is 402 g/mol. The molecule has 2 aromatic carbocycles. The van der Waals surface area contributed by atoms with E-state index in [4.69, 9.17) is 9.47 Å². The number of anilines is 1. The van der Waals surface area contributed by atoms with E-state index in [9.17, 15) is 14.7 Å². The predicted octanol–water partition coefficient (Wildman–Crippen LogP) is 3.95. The van der Waals surface area contributed by atoms with Crippen LogP contribution >= 0.6 is 15.9 Å². The highest BCUT2D eigenvalue weighted by Crippen LogP contribution is 2.38. The van der Waals surface area contributed by atoms with Crippen LogP contribution in [0.25, 0.3) is 11.1 Å². The highest BCUT2D eigenvalue weighted by molar-refractivity contribution is 9.10. The normalized spacial score (nSPS) is 15.9. The number of hydrogen-bond acceptors (Lipinski definition) is 6. The number of cyclic esters (lactones) is 2. The van der Waals surface area contributed by atoms with E-state index in [0.717, 1.165) is 0 Å². The molecule has 0 atom stereocenters. The number of carbonyl (C=O) groups is 2. The van der Waals surface area contributed by atoms with Crippen LogP contribution in [0, 0.1) is 0 Å². The minimum Gasteiger partial charge on any atom is -0.507 e. The van der Waals surface area contributed by atoms with Gasteiger partial charge in [0.05, 0.1) is 5.69 Å². The summed E-state index contributed by atoms with van der Waals surface area (Å²) in [6.07, 6.45) is 1.24. The summed E-state index contributed by atoms with van der Waals surface area (Å²) >= 11 is 3.44. The van der Waals surface area contributed by atoms with Crippen molar-refractivity contribution in [1.29, 1.82) is 0 Å². The molecule has 0 aliphatic carbocycles. The van der Waals surface area contributed by atoms with E-state index in [1.165, 1.54) is 20.0 Å². The Bertz CT molecular complexity index is 898. The van der Waals surface area contributed by atoms with Crippen molar-refractivity contribution in [3.05, 3.63) is 58.7 Å². The molecule has 0 saturated carbocycles. The number of hydrogen-bond donors (Lipinski definition) is 2. The Labute approximate surface area is 158 Å². The third-order valence-corrected chi connectivity index (χ3v) is 4.35. The summed E-state index contributed by atoms with van der Waals surface area (Å²) in [7, 11) is 0. The summed E-state index contributed by atoms with van der Waals surface area (Å²) in [6.45, 7) is 2.97. The van der Waals surface area contributed by atoms with Gasteiger partial charge in [-0.25, -0.2) is 9.59 Å². The average molecular weight is 418 g/mol. The molecule has 6 nitrogen and oxygen atoms in total. The number of aromatic hydroxyl groups is 1. The molecule has 3 rings (SSSR count). The molecule has 2 aromatic rings. The van der Waals surface area contributed by atoms with Crippen LogP contribution in [-0.4, -0.2) is 22.8 Å². The molecule has 1 heterocycles. The molecule has 1 aliphatic heterocycles. The Kier molecular flexibility index (Phi) is 4.73. The second-order valence-corrected chi connectivity index (χ2v) is 6.92. The molecule has 1 aliphatic rings. The first kappa shape index (κ1) is 18.0. The molecular formula is C19H16BrNO5. The zero-order valence-corrected chi connectivity index (χ0v) is 15.7. The van der Waals surface area contributed by atoms with E-state index in [-0.39, 0.29) is 11.3 Å². The molecule has 0 radical (unpaired) electrons. The van der Waals surface area contributed by atoms with Crippen LogP contribution in [0.1, 0.15) is 13.8 Å². The monoisotopic (exact) mass is 417 g/mol. The maximum absolute atomic E-state index is 12.1. The molecule has 0 bridgehead atoms. The summed E-state index contributed by atoms with van der Waals surface area (Å²) in [5, 5.41) is 13.1. The summed E-state index contributed by atoms with van der Waals surface area (Å²) in [5.74, 6) is -2.72. The first-order chi connectivity index (χ1) is 12.3. The molecule has 26 heavy (non-hydrogen) atoms. The molecule has 0 amide bonds. The fourth-order valence-corrected chi connectivity index (χ4v) is 3.00. The molecule has 0 unspecified atom stereocenters. The Morgan fingerprint density at radius 3 is 2.27 bits per heavy atom. The van der Waals surface area contributed by atoms with E-state index >= 15 is 0 Å². The Morgan fingerprint density at radius 1 is 1.00 bits per heavy atom. The van der Waals surface area contributed by atoms with Crippen molar-refractivity contribution in [1.82, 2.24) is 0 Å². The van der Waals surface area contributed by atoms with Gasteiger partial charge >= 0.3 is 11.9 Å². The van der Waals surface area contributed by atoms with Crippen molar-refractivity contribution in [2.45, 2.75) is 19.6 Å². The molecule has 7 heteroatoms. The average Bonchev–Trinajstić information content (AvgIpc) is 2.55. The van der Waals surface area contributed by atoms with Gasteiger partial charge in [0.25, 0.3) is 5.79 Å². The van der Waals surface area contributed by atoms with Crippen molar-refractivity contribution in [3.63, 3.8) is 0 Å². The highest BCUT2D eigenvalue weighted by atomic mass is 79.9. The van der Waals surface area contributed by atoms with Crippen molar-refractivity contribution in [3.8, 4) is 16.9 Å². The van der Waals surface area contributed by atoms with Gasteiger partial charge in [-0.3, -0.25) is 0 Å². The smallest absolute Gasteiger partial charge is 0.350 e. The molecule has 1 saturated heterocycles. The predicted molar refractivity (Wildman–Crippen MR) is 99.2 cm³/mol. The lowest BCUT2D eigenvalue weighted by atomic mass is 10.0. The van der Waals surface area contributed by atoms with Gasteiger partial charge in [0.15, 0.2) is 5.57 Å². The third kappa shape index (κ3) is 3.57. The second kappa shape index (κ2) is 6.84. The van der Waals surface area contributed by atoms with Crippen LogP contribution in [-0.2, 0) is 19.1 Å². The van der Waals surface area contributed by atoms with Crippen molar-refractivity contribution < 1.29 is 24.2 Å².